The second-order valence-electron chi connectivity index (χ2n) is 1.81. The summed E-state index contributed by atoms with van der Waals surface area (Å²) in [5, 5.41) is 8.84. The van der Waals surface area contributed by atoms with Crippen LogP contribution in [0.1, 0.15) is 6.92 Å². The molecule has 3 nitrogen and oxygen atoms in total. The van der Waals surface area contributed by atoms with Gasteiger partial charge in [0.05, 0.1) is 0 Å². The Bertz CT molecular complexity index is 146. The van der Waals surface area contributed by atoms with Crippen LogP contribution in [0.25, 0.3) is 0 Å². The minimum atomic E-state index is -1.36. The average Bonchev–Trinajstić information content (AvgIpc) is 1.82. The van der Waals surface area contributed by atoms with Crippen molar-refractivity contribution in [2.75, 3.05) is 0 Å². The van der Waals surface area contributed by atoms with Gasteiger partial charge in [0.25, 0.3) is 0 Å². The van der Waals surface area contributed by atoms with E-state index in [-0.39, 0.29) is 0 Å². The standard InChI is InChI=1S/C5H6O3/c1-5(7)3-2-4(6)8-5/h2-3,7H,1H3. The number of carbonyl (C=O) groups is 1. The summed E-state index contributed by atoms with van der Waals surface area (Å²) in [6.45, 7) is 1.40. The summed E-state index contributed by atoms with van der Waals surface area (Å²) in [5.74, 6) is -1.85. The van der Waals surface area contributed by atoms with Gasteiger partial charge in [-0.2, -0.15) is 0 Å². The largest absolute Gasteiger partial charge is 0.427 e. The van der Waals surface area contributed by atoms with Crippen LogP contribution in [0.15, 0.2) is 12.2 Å². The highest BCUT2D eigenvalue weighted by atomic mass is 16.7. The summed E-state index contributed by atoms with van der Waals surface area (Å²) in [6.07, 6.45) is 2.50. The third-order valence-corrected chi connectivity index (χ3v) is 0.836. The van der Waals surface area contributed by atoms with Crippen LogP contribution in [0.2, 0.25) is 0 Å². The van der Waals surface area contributed by atoms with Crippen LogP contribution in [-0.4, -0.2) is 16.9 Å². The predicted molar refractivity (Wildman–Crippen MR) is 25.9 cm³/mol. The molecule has 1 aliphatic rings. The molecule has 0 aromatic heterocycles. The second kappa shape index (κ2) is 1.32. The van der Waals surface area contributed by atoms with E-state index in [1.54, 1.807) is 0 Å². The van der Waals surface area contributed by atoms with Crippen molar-refractivity contribution in [3.05, 3.63) is 12.2 Å². The zero-order chi connectivity index (χ0) is 6.20. The molecular weight excluding hydrogens is 108 g/mol. The number of rotatable bonds is 0. The molecule has 0 saturated heterocycles. The molecule has 0 aromatic rings. The van der Waals surface area contributed by atoms with Gasteiger partial charge in [-0.3, -0.25) is 0 Å². The predicted octanol–water partition coefficient (Wildman–Crippen LogP) is -0.192. The molecule has 1 unspecified atom stereocenters. The van der Waals surface area contributed by atoms with Crippen LogP contribution in [0.5, 0.6) is 0 Å². The zero-order valence-electron chi connectivity index (χ0n) is 4.42. The molecular formula is C5H6O3. The van der Waals surface area contributed by atoms with Crippen molar-refractivity contribution in [3.8, 4) is 0 Å². The smallest absolute Gasteiger partial charge is 0.333 e. The molecule has 1 heterocycles. The van der Waals surface area contributed by atoms with Gasteiger partial charge >= 0.3 is 5.97 Å². The molecule has 0 bridgehead atoms. The summed E-state index contributed by atoms with van der Waals surface area (Å²) in [4.78, 5) is 10.2. The van der Waals surface area contributed by atoms with Crippen molar-refractivity contribution in [2.24, 2.45) is 0 Å². The number of esters is 1. The van der Waals surface area contributed by atoms with E-state index in [0.717, 1.165) is 0 Å². The molecule has 1 rings (SSSR count). The van der Waals surface area contributed by atoms with Crippen LogP contribution in [0, 0.1) is 0 Å². The molecule has 0 saturated carbocycles. The number of hydrogen-bond acceptors (Lipinski definition) is 3. The van der Waals surface area contributed by atoms with E-state index in [0.29, 0.717) is 0 Å². The van der Waals surface area contributed by atoms with Crippen LogP contribution in [-0.2, 0) is 9.53 Å². The minimum Gasteiger partial charge on any atom is -0.427 e. The maximum absolute atomic E-state index is 10.2. The van der Waals surface area contributed by atoms with Crippen molar-refractivity contribution in [1.82, 2.24) is 0 Å². The van der Waals surface area contributed by atoms with Gasteiger partial charge in [0, 0.05) is 13.0 Å². The van der Waals surface area contributed by atoms with Gasteiger partial charge in [0.15, 0.2) is 0 Å². The number of hydrogen-bond donors (Lipinski definition) is 1. The Hall–Kier alpha value is -0.830. The lowest BCUT2D eigenvalue weighted by Crippen LogP contribution is -2.21. The van der Waals surface area contributed by atoms with Crippen LogP contribution in [0.4, 0.5) is 0 Å². The lowest BCUT2D eigenvalue weighted by atomic mass is 10.3. The molecule has 1 atom stereocenters. The molecule has 3 heteroatoms. The summed E-state index contributed by atoms with van der Waals surface area (Å²) in [6, 6.07) is 0. The molecule has 0 amide bonds. The van der Waals surface area contributed by atoms with Gasteiger partial charge in [0.2, 0.25) is 5.79 Å². The number of carbonyl (C=O) groups excluding carboxylic acids is 1. The van der Waals surface area contributed by atoms with E-state index in [2.05, 4.69) is 4.74 Å². The van der Waals surface area contributed by atoms with Gasteiger partial charge in [-0.1, -0.05) is 0 Å². The first kappa shape index (κ1) is 5.31. The molecule has 0 aromatic carbocycles. The Morgan fingerprint density at radius 2 is 2.50 bits per heavy atom. The van der Waals surface area contributed by atoms with Crippen molar-refractivity contribution in [1.29, 1.82) is 0 Å². The van der Waals surface area contributed by atoms with E-state index in [9.17, 15) is 4.79 Å². The average molecular weight is 114 g/mol. The van der Waals surface area contributed by atoms with E-state index < -0.39 is 11.8 Å². The van der Waals surface area contributed by atoms with E-state index in [1.807, 2.05) is 0 Å². The summed E-state index contributed by atoms with van der Waals surface area (Å²) in [7, 11) is 0. The molecule has 44 valence electrons. The number of aliphatic hydroxyl groups is 1. The van der Waals surface area contributed by atoms with Gasteiger partial charge in [0.1, 0.15) is 0 Å². The molecule has 1 N–H and O–H groups in total. The Morgan fingerprint density at radius 3 is 2.62 bits per heavy atom. The fraction of sp³-hybridized carbons (Fsp3) is 0.400. The monoisotopic (exact) mass is 114 g/mol. The lowest BCUT2D eigenvalue weighted by Gasteiger charge is -2.11. The normalized spacial score (nSPS) is 35.5. The Morgan fingerprint density at radius 1 is 1.88 bits per heavy atom. The molecule has 0 spiro atoms. The van der Waals surface area contributed by atoms with E-state index in [1.165, 1.54) is 19.1 Å². The van der Waals surface area contributed by atoms with Gasteiger partial charge in [-0.15, -0.1) is 0 Å². The Balaban J connectivity index is 2.72. The Labute approximate surface area is 46.6 Å². The van der Waals surface area contributed by atoms with Gasteiger partial charge < -0.3 is 9.84 Å². The highest BCUT2D eigenvalue weighted by Gasteiger charge is 2.26. The van der Waals surface area contributed by atoms with Crippen molar-refractivity contribution in [3.63, 3.8) is 0 Å². The van der Waals surface area contributed by atoms with Crippen molar-refractivity contribution >= 4 is 5.97 Å². The molecule has 8 heavy (non-hydrogen) atoms. The highest BCUT2D eigenvalue weighted by Crippen LogP contribution is 2.13. The summed E-state index contributed by atoms with van der Waals surface area (Å²) in [5.41, 5.74) is 0. The third kappa shape index (κ3) is 0.869. The first-order chi connectivity index (χ1) is 3.60. The fourth-order valence-electron chi connectivity index (χ4n) is 0.494. The number of ether oxygens (including phenoxy) is 1. The van der Waals surface area contributed by atoms with Crippen LogP contribution in [0.3, 0.4) is 0 Å². The van der Waals surface area contributed by atoms with E-state index in [4.69, 9.17) is 5.11 Å². The van der Waals surface area contributed by atoms with Crippen molar-refractivity contribution in [2.45, 2.75) is 12.7 Å². The second-order valence-corrected chi connectivity index (χ2v) is 1.81. The van der Waals surface area contributed by atoms with E-state index >= 15 is 0 Å². The third-order valence-electron chi connectivity index (χ3n) is 0.836. The molecule has 1 aliphatic heterocycles. The maximum Gasteiger partial charge on any atom is 0.333 e. The quantitative estimate of drug-likeness (QED) is 0.444. The van der Waals surface area contributed by atoms with Crippen LogP contribution < -0.4 is 0 Å². The zero-order valence-corrected chi connectivity index (χ0v) is 4.42. The SMILES string of the molecule is CC1(O)C=CC(=O)O1. The maximum atomic E-state index is 10.2. The first-order valence-electron chi connectivity index (χ1n) is 2.25. The fourth-order valence-corrected chi connectivity index (χ4v) is 0.494. The minimum absolute atomic E-state index is 0.491. The number of cyclic esters (lactones) is 1. The van der Waals surface area contributed by atoms with Gasteiger partial charge in [-0.05, 0) is 6.08 Å². The summed E-state index contributed by atoms with van der Waals surface area (Å²) >= 11 is 0. The summed E-state index contributed by atoms with van der Waals surface area (Å²) < 4.78 is 4.35. The topological polar surface area (TPSA) is 46.5 Å². The Kier molecular flexibility index (Phi) is 0.877. The highest BCUT2D eigenvalue weighted by molar-refractivity contribution is 5.84. The van der Waals surface area contributed by atoms with Gasteiger partial charge in [-0.25, -0.2) is 4.79 Å². The molecule has 0 fully saturated rings. The van der Waals surface area contributed by atoms with Crippen LogP contribution >= 0.6 is 0 Å². The first-order valence-corrected chi connectivity index (χ1v) is 2.25. The van der Waals surface area contributed by atoms with Crippen molar-refractivity contribution < 1.29 is 14.6 Å². The molecule has 0 radical (unpaired) electrons. The lowest BCUT2D eigenvalue weighted by molar-refractivity contribution is -0.172. The molecule has 0 aliphatic carbocycles.